The Morgan fingerprint density at radius 2 is 1.81 bits per heavy atom. The summed E-state index contributed by atoms with van der Waals surface area (Å²) < 4.78 is 3.65. The van der Waals surface area contributed by atoms with E-state index in [0.29, 0.717) is 6.54 Å². The standard InChI is InChI=1S/C20H24N6O/c27-19(20(8-13-21-14-9-20)26-16-2-11-24-26)22-12-7-17-3-5-18(6-4-17)25-15-1-10-23-25/h1-6,10-11,15-16,21H,7-9,12-14H2,(H,22,27). The summed E-state index contributed by atoms with van der Waals surface area (Å²) in [5.74, 6) is 0.0564. The summed E-state index contributed by atoms with van der Waals surface area (Å²) >= 11 is 0. The Hall–Kier alpha value is -2.93. The van der Waals surface area contributed by atoms with E-state index in [2.05, 4.69) is 33.0 Å². The minimum absolute atomic E-state index is 0.0564. The van der Waals surface area contributed by atoms with Gasteiger partial charge in [0.25, 0.3) is 0 Å². The van der Waals surface area contributed by atoms with Gasteiger partial charge in [0, 0.05) is 31.3 Å². The minimum Gasteiger partial charge on any atom is -0.354 e. The number of nitrogens with one attached hydrogen (secondary N) is 2. The molecule has 7 heteroatoms. The fourth-order valence-electron chi connectivity index (χ4n) is 3.64. The maximum Gasteiger partial charge on any atom is 0.248 e. The number of nitrogens with zero attached hydrogens (tertiary/aromatic N) is 4. The number of piperidine rings is 1. The molecule has 0 radical (unpaired) electrons. The number of aromatic nitrogens is 4. The van der Waals surface area contributed by atoms with Crippen molar-refractivity contribution in [2.24, 2.45) is 0 Å². The van der Waals surface area contributed by atoms with Crippen molar-refractivity contribution in [3.8, 4) is 5.69 Å². The van der Waals surface area contributed by atoms with Crippen LogP contribution in [0.3, 0.4) is 0 Å². The highest BCUT2D eigenvalue weighted by Crippen LogP contribution is 2.27. The van der Waals surface area contributed by atoms with Crippen molar-refractivity contribution in [1.82, 2.24) is 30.2 Å². The van der Waals surface area contributed by atoms with Crippen LogP contribution in [-0.2, 0) is 16.8 Å². The number of amides is 1. The van der Waals surface area contributed by atoms with E-state index in [1.807, 2.05) is 46.0 Å². The first kappa shape index (κ1) is 17.5. The normalized spacial score (nSPS) is 16.1. The van der Waals surface area contributed by atoms with E-state index < -0.39 is 5.54 Å². The third-order valence-corrected chi connectivity index (χ3v) is 5.20. The van der Waals surface area contributed by atoms with Gasteiger partial charge >= 0.3 is 0 Å². The van der Waals surface area contributed by atoms with Crippen LogP contribution in [0.1, 0.15) is 18.4 Å². The number of hydrogen-bond donors (Lipinski definition) is 2. The van der Waals surface area contributed by atoms with Crippen molar-refractivity contribution < 1.29 is 4.79 Å². The molecular formula is C20H24N6O. The van der Waals surface area contributed by atoms with E-state index in [1.54, 1.807) is 12.4 Å². The summed E-state index contributed by atoms with van der Waals surface area (Å²) in [6.45, 7) is 2.25. The average molecular weight is 364 g/mol. The molecule has 0 bridgehead atoms. The third-order valence-electron chi connectivity index (χ3n) is 5.20. The van der Waals surface area contributed by atoms with Crippen LogP contribution in [-0.4, -0.2) is 45.1 Å². The molecule has 2 aromatic heterocycles. The second kappa shape index (κ2) is 7.75. The van der Waals surface area contributed by atoms with Crippen LogP contribution in [0.2, 0.25) is 0 Å². The zero-order valence-corrected chi connectivity index (χ0v) is 15.2. The molecule has 1 amide bonds. The Morgan fingerprint density at radius 1 is 1.07 bits per heavy atom. The predicted octanol–water partition coefficient (Wildman–Crippen LogP) is 1.51. The lowest BCUT2D eigenvalue weighted by molar-refractivity contribution is -0.131. The first-order chi connectivity index (χ1) is 13.3. The molecule has 3 aromatic rings. The van der Waals surface area contributed by atoms with Crippen molar-refractivity contribution in [3.05, 3.63) is 66.7 Å². The number of benzene rings is 1. The first-order valence-electron chi connectivity index (χ1n) is 9.36. The molecule has 7 nitrogen and oxygen atoms in total. The molecule has 0 spiro atoms. The smallest absolute Gasteiger partial charge is 0.248 e. The van der Waals surface area contributed by atoms with E-state index in [1.165, 1.54) is 5.56 Å². The van der Waals surface area contributed by atoms with Gasteiger partial charge in [-0.15, -0.1) is 0 Å². The summed E-state index contributed by atoms with van der Waals surface area (Å²) in [5.41, 5.74) is 1.63. The van der Waals surface area contributed by atoms with Gasteiger partial charge in [-0.2, -0.15) is 10.2 Å². The molecule has 0 aliphatic carbocycles. The summed E-state index contributed by atoms with van der Waals surface area (Å²) in [5, 5.41) is 15.0. The average Bonchev–Trinajstić information content (AvgIpc) is 3.43. The summed E-state index contributed by atoms with van der Waals surface area (Å²) in [4.78, 5) is 13.0. The van der Waals surface area contributed by atoms with Crippen LogP contribution in [0.5, 0.6) is 0 Å². The van der Waals surface area contributed by atoms with E-state index in [0.717, 1.165) is 38.0 Å². The highest BCUT2D eigenvalue weighted by Gasteiger charge is 2.41. The van der Waals surface area contributed by atoms with Crippen LogP contribution in [0.15, 0.2) is 61.2 Å². The molecule has 1 aliphatic heterocycles. The van der Waals surface area contributed by atoms with Crippen molar-refractivity contribution in [2.45, 2.75) is 24.8 Å². The second-order valence-corrected chi connectivity index (χ2v) is 6.86. The van der Waals surface area contributed by atoms with Crippen molar-refractivity contribution in [3.63, 3.8) is 0 Å². The van der Waals surface area contributed by atoms with E-state index in [4.69, 9.17) is 0 Å². The fourth-order valence-corrected chi connectivity index (χ4v) is 3.64. The molecule has 3 heterocycles. The fraction of sp³-hybridized carbons (Fsp3) is 0.350. The SMILES string of the molecule is O=C(NCCc1ccc(-n2cccn2)cc1)C1(n2cccn2)CCNCC1. The van der Waals surface area contributed by atoms with E-state index >= 15 is 0 Å². The molecule has 0 unspecified atom stereocenters. The van der Waals surface area contributed by atoms with Gasteiger partial charge in [0.2, 0.25) is 5.91 Å². The Bertz CT molecular complexity index is 849. The zero-order valence-electron chi connectivity index (χ0n) is 15.2. The van der Waals surface area contributed by atoms with Gasteiger partial charge in [0.05, 0.1) is 5.69 Å². The molecular weight excluding hydrogens is 340 g/mol. The lowest BCUT2D eigenvalue weighted by Gasteiger charge is -2.36. The number of carbonyl (C=O) groups is 1. The topological polar surface area (TPSA) is 76.8 Å². The van der Waals surface area contributed by atoms with Gasteiger partial charge in [-0.3, -0.25) is 9.48 Å². The van der Waals surface area contributed by atoms with Gasteiger partial charge in [0.15, 0.2) is 0 Å². The first-order valence-corrected chi connectivity index (χ1v) is 9.36. The number of rotatable bonds is 6. The summed E-state index contributed by atoms with van der Waals surface area (Å²) in [7, 11) is 0. The molecule has 0 atom stereocenters. The lowest BCUT2D eigenvalue weighted by Crippen LogP contribution is -2.54. The molecule has 1 fully saturated rings. The van der Waals surface area contributed by atoms with Gasteiger partial charge in [-0.1, -0.05) is 12.1 Å². The molecule has 1 saturated heterocycles. The van der Waals surface area contributed by atoms with E-state index in [-0.39, 0.29) is 5.91 Å². The summed E-state index contributed by atoms with van der Waals surface area (Å²) in [6.07, 6.45) is 9.59. The Kier molecular flexibility index (Phi) is 5.02. The second-order valence-electron chi connectivity index (χ2n) is 6.86. The zero-order chi connectivity index (χ0) is 18.5. The monoisotopic (exact) mass is 364 g/mol. The lowest BCUT2D eigenvalue weighted by atomic mass is 9.87. The van der Waals surface area contributed by atoms with Gasteiger partial charge < -0.3 is 10.6 Å². The van der Waals surface area contributed by atoms with Gasteiger partial charge in [-0.05, 0) is 62.2 Å². The molecule has 0 saturated carbocycles. The Balaban J connectivity index is 1.37. The maximum absolute atomic E-state index is 13.0. The van der Waals surface area contributed by atoms with Crippen LogP contribution in [0.25, 0.3) is 5.69 Å². The molecule has 140 valence electrons. The van der Waals surface area contributed by atoms with Crippen molar-refractivity contribution in [2.75, 3.05) is 19.6 Å². The van der Waals surface area contributed by atoms with Crippen LogP contribution in [0.4, 0.5) is 0 Å². The number of carbonyl (C=O) groups excluding carboxylic acids is 1. The molecule has 4 rings (SSSR count). The summed E-state index contributed by atoms with van der Waals surface area (Å²) in [6, 6.07) is 12.0. The van der Waals surface area contributed by atoms with Crippen LogP contribution >= 0.6 is 0 Å². The predicted molar refractivity (Wildman–Crippen MR) is 103 cm³/mol. The molecule has 27 heavy (non-hydrogen) atoms. The van der Waals surface area contributed by atoms with Gasteiger partial charge in [0.1, 0.15) is 5.54 Å². The maximum atomic E-state index is 13.0. The van der Waals surface area contributed by atoms with Crippen molar-refractivity contribution >= 4 is 5.91 Å². The van der Waals surface area contributed by atoms with Crippen LogP contribution in [0, 0.1) is 0 Å². The highest BCUT2D eigenvalue weighted by atomic mass is 16.2. The van der Waals surface area contributed by atoms with Crippen LogP contribution < -0.4 is 10.6 Å². The van der Waals surface area contributed by atoms with Crippen molar-refractivity contribution in [1.29, 1.82) is 0 Å². The molecule has 1 aromatic carbocycles. The minimum atomic E-state index is -0.585. The van der Waals surface area contributed by atoms with E-state index in [9.17, 15) is 4.79 Å². The number of hydrogen-bond acceptors (Lipinski definition) is 4. The molecule has 2 N–H and O–H groups in total. The highest BCUT2D eigenvalue weighted by molar-refractivity contribution is 5.84. The third kappa shape index (κ3) is 3.64. The quantitative estimate of drug-likeness (QED) is 0.695. The largest absolute Gasteiger partial charge is 0.354 e. The molecule has 1 aliphatic rings. The Morgan fingerprint density at radius 3 is 2.48 bits per heavy atom. The van der Waals surface area contributed by atoms with Gasteiger partial charge in [-0.25, -0.2) is 4.68 Å². The Labute approximate surface area is 158 Å².